The smallest absolute Gasteiger partial charge is 0.325 e. The van der Waals surface area contributed by atoms with E-state index < -0.39 is 12.1 Å². The number of urea groups is 1. The molecular formula is C18H22N4O3. The first-order valence-electron chi connectivity index (χ1n) is 8.45. The Balaban J connectivity index is 1.68. The predicted octanol–water partition coefficient (Wildman–Crippen LogP) is 1.55. The minimum atomic E-state index is -0.650. The van der Waals surface area contributed by atoms with Crippen molar-refractivity contribution in [2.24, 2.45) is 0 Å². The van der Waals surface area contributed by atoms with Gasteiger partial charge in [0.2, 0.25) is 5.91 Å². The zero-order chi connectivity index (χ0) is 18.0. The first-order valence-corrected chi connectivity index (χ1v) is 8.45. The molecule has 1 aliphatic heterocycles. The fourth-order valence-electron chi connectivity index (χ4n) is 2.95. The summed E-state index contributed by atoms with van der Waals surface area (Å²) in [5.74, 6) is -0.694. The normalized spacial score (nSPS) is 18.5. The van der Waals surface area contributed by atoms with Gasteiger partial charge in [0.1, 0.15) is 12.6 Å². The van der Waals surface area contributed by atoms with Crippen molar-refractivity contribution in [3.05, 3.63) is 36.0 Å². The summed E-state index contributed by atoms with van der Waals surface area (Å²) in [5.41, 5.74) is 1.94. The van der Waals surface area contributed by atoms with Crippen molar-refractivity contribution >= 4 is 28.7 Å². The molecule has 0 aliphatic carbocycles. The molecule has 1 aromatic heterocycles. The highest BCUT2D eigenvalue weighted by atomic mass is 16.2. The number of nitrogens with one attached hydrogen (secondary N) is 3. The molecule has 3 rings (SSSR count). The Hall–Kier alpha value is -2.83. The van der Waals surface area contributed by atoms with Crippen LogP contribution in [0.2, 0.25) is 0 Å². The Morgan fingerprint density at radius 1 is 1.32 bits per heavy atom. The van der Waals surface area contributed by atoms with E-state index in [9.17, 15) is 14.4 Å². The number of fused-ring (bicyclic) bond motifs is 1. The highest BCUT2D eigenvalue weighted by Crippen LogP contribution is 2.21. The van der Waals surface area contributed by atoms with Gasteiger partial charge in [0.05, 0.1) is 0 Å². The number of imide groups is 1. The number of benzene rings is 1. The Bertz CT molecular complexity index is 814. The SMILES string of the molecule is CC[C@H](C)NC(=O)CN1C(=O)N[C@H](Cc2c[nH]c3ccccc23)C1=O. The number of H-pyrrole nitrogens is 1. The standard InChI is InChI=1S/C18H22N4O3/c1-3-11(2)20-16(23)10-22-17(24)15(21-18(22)25)8-12-9-19-14-7-5-4-6-13(12)14/h4-7,9,11,15,19H,3,8,10H2,1-2H3,(H,20,23)(H,21,25)/t11-,15+/m0/s1. The summed E-state index contributed by atoms with van der Waals surface area (Å²) < 4.78 is 0. The highest BCUT2D eigenvalue weighted by molar-refractivity contribution is 6.06. The molecular weight excluding hydrogens is 320 g/mol. The van der Waals surface area contributed by atoms with Crippen LogP contribution in [0.15, 0.2) is 30.5 Å². The third-order valence-corrected chi connectivity index (χ3v) is 4.53. The van der Waals surface area contributed by atoms with E-state index in [1.807, 2.05) is 44.3 Å². The average molecular weight is 342 g/mol. The maximum absolute atomic E-state index is 12.5. The minimum absolute atomic E-state index is 0.00952. The number of carbonyl (C=O) groups is 3. The van der Waals surface area contributed by atoms with Crippen molar-refractivity contribution in [2.75, 3.05) is 6.54 Å². The largest absolute Gasteiger partial charge is 0.361 e. The predicted molar refractivity (Wildman–Crippen MR) is 93.9 cm³/mol. The summed E-state index contributed by atoms with van der Waals surface area (Å²) in [6, 6.07) is 6.63. The second kappa shape index (κ2) is 6.96. The summed E-state index contributed by atoms with van der Waals surface area (Å²) in [6.45, 7) is 3.58. The van der Waals surface area contributed by atoms with E-state index in [4.69, 9.17) is 0 Å². The number of aromatic nitrogens is 1. The zero-order valence-corrected chi connectivity index (χ0v) is 14.3. The van der Waals surface area contributed by atoms with Gasteiger partial charge in [-0.05, 0) is 25.0 Å². The van der Waals surface area contributed by atoms with Crippen LogP contribution in [0.4, 0.5) is 4.79 Å². The second-order valence-electron chi connectivity index (χ2n) is 6.37. The van der Waals surface area contributed by atoms with Crippen LogP contribution in [0.3, 0.4) is 0 Å². The van der Waals surface area contributed by atoms with Gasteiger partial charge in [-0.1, -0.05) is 25.1 Å². The van der Waals surface area contributed by atoms with E-state index in [0.29, 0.717) is 6.42 Å². The molecule has 0 unspecified atom stereocenters. The Morgan fingerprint density at radius 3 is 2.84 bits per heavy atom. The summed E-state index contributed by atoms with van der Waals surface area (Å²) in [7, 11) is 0. The Labute approximate surface area is 145 Å². The molecule has 0 radical (unpaired) electrons. The quantitative estimate of drug-likeness (QED) is 0.695. The highest BCUT2D eigenvalue weighted by Gasteiger charge is 2.39. The van der Waals surface area contributed by atoms with Gasteiger partial charge in [0.25, 0.3) is 5.91 Å². The van der Waals surface area contributed by atoms with Crippen molar-refractivity contribution in [3.8, 4) is 0 Å². The summed E-state index contributed by atoms with van der Waals surface area (Å²) in [6.07, 6.45) is 3.02. The lowest BCUT2D eigenvalue weighted by molar-refractivity contribution is -0.132. The van der Waals surface area contributed by atoms with Crippen molar-refractivity contribution in [1.82, 2.24) is 20.5 Å². The van der Waals surface area contributed by atoms with Crippen molar-refractivity contribution in [3.63, 3.8) is 0 Å². The van der Waals surface area contributed by atoms with Gasteiger partial charge in [0, 0.05) is 29.6 Å². The van der Waals surface area contributed by atoms with Gasteiger partial charge in [-0.3, -0.25) is 14.5 Å². The van der Waals surface area contributed by atoms with E-state index in [2.05, 4.69) is 15.6 Å². The molecule has 7 heteroatoms. The van der Waals surface area contributed by atoms with E-state index in [0.717, 1.165) is 27.8 Å². The molecule has 4 amide bonds. The number of aromatic amines is 1. The Morgan fingerprint density at radius 2 is 2.08 bits per heavy atom. The van der Waals surface area contributed by atoms with Crippen molar-refractivity contribution < 1.29 is 14.4 Å². The zero-order valence-electron chi connectivity index (χ0n) is 14.3. The molecule has 25 heavy (non-hydrogen) atoms. The first-order chi connectivity index (χ1) is 12.0. The van der Waals surface area contributed by atoms with E-state index in [1.165, 1.54) is 0 Å². The van der Waals surface area contributed by atoms with E-state index >= 15 is 0 Å². The topological polar surface area (TPSA) is 94.3 Å². The maximum atomic E-state index is 12.5. The van der Waals surface area contributed by atoms with Crippen LogP contribution in [0.5, 0.6) is 0 Å². The molecule has 7 nitrogen and oxygen atoms in total. The first kappa shape index (κ1) is 17.0. The summed E-state index contributed by atoms with van der Waals surface area (Å²) in [5, 5.41) is 6.46. The molecule has 2 atom stereocenters. The number of hydrogen-bond acceptors (Lipinski definition) is 3. The number of hydrogen-bond donors (Lipinski definition) is 3. The number of amides is 4. The molecule has 1 aromatic carbocycles. The van der Waals surface area contributed by atoms with E-state index in [1.54, 1.807) is 0 Å². The molecule has 3 N–H and O–H groups in total. The van der Waals surface area contributed by atoms with Crippen LogP contribution in [0, 0.1) is 0 Å². The van der Waals surface area contributed by atoms with Crippen LogP contribution < -0.4 is 10.6 Å². The third kappa shape index (κ3) is 3.50. The number of carbonyl (C=O) groups excluding carboxylic acids is 3. The average Bonchev–Trinajstić information content (AvgIpc) is 3.11. The van der Waals surface area contributed by atoms with Crippen LogP contribution in [0.25, 0.3) is 10.9 Å². The number of rotatable bonds is 6. The molecule has 132 valence electrons. The molecule has 2 aromatic rings. The third-order valence-electron chi connectivity index (χ3n) is 4.53. The lowest BCUT2D eigenvalue weighted by atomic mass is 10.1. The van der Waals surface area contributed by atoms with Crippen molar-refractivity contribution in [2.45, 2.75) is 38.8 Å². The summed E-state index contributed by atoms with van der Waals surface area (Å²) >= 11 is 0. The molecule has 0 spiro atoms. The monoisotopic (exact) mass is 342 g/mol. The van der Waals surface area contributed by atoms with E-state index in [-0.39, 0.29) is 24.4 Å². The lowest BCUT2D eigenvalue weighted by Gasteiger charge is -2.15. The molecule has 0 saturated carbocycles. The maximum Gasteiger partial charge on any atom is 0.325 e. The van der Waals surface area contributed by atoms with Gasteiger partial charge in [0.15, 0.2) is 0 Å². The fraction of sp³-hybridized carbons (Fsp3) is 0.389. The van der Waals surface area contributed by atoms with Crippen LogP contribution >= 0.6 is 0 Å². The van der Waals surface area contributed by atoms with Gasteiger partial charge >= 0.3 is 6.03 Å². The molecule has 2 heterocycles. The van der Waals surface area contributed by atoms with Gasteiger partial charge in [-0.25, -0.2) is 4.79 Å². The van der Waals surface area contributed by atoms with Crippen molar-refractivity contribution in [1.29, 1.82) is 0 Å². The lowest BCUT2D eigenvalue weighted by Crippen LogP contribution is -2.43. The van der Waals surface area contributed by atoms with Gasteiger partial charge in [-0.15, -0.1) is 0 Å². The Kier molecular flexibility index (Phi) is 4.74. The number of para-hydroxylation sites is 1. The minimum Gasteiger partial charge on any atom is -0.361 e. The second-order valence-corrected chi connectivity index (χ2v) is 6.37. The van der Waals surface area contributed by atoms with Gasteiger partial charge in [-0.2, -0.15) is 0 Å². The van der Waals surface area contributed by atoms with Crippen LogP contribution in [0.1, 0.15) is 25.8 Å². The fourth-order valence-corrected chi connectivity index (χ4v) is 2.95. The summed E-state index contributed by atoms with van der Waals surface area (Å²) in [4.78, 5) is 40.7. The number of nitrogens with zero attached hydrogens (tertiary/aromatic N) is 1. The molecule has 1 fully saturated rings. The van der Waals surface area contributed by atoms with Crippen LogP contribution in [-0.4, -0.2) is 46.4 Å². The molecule has 1 aliphatic rings. The molecule has 0 bridgehead atoms. The van der Waals surface area contributed by atoms with Crippen LogP contribution in [-0.2, 0) is 16.0 Å². The van der Waals surface area contributed by atoms with Gasteiger partial charge < -0.3 is 15.6 Å². The molecule has 1 saturated heterocycles.